The van der Waals surface area contributed by atoms with E-state index in [0.717, 1.165) is 30.0 Å². The molecule has 1 atom stereocenters. The molecule has 0 amide bonds. The van der Waals surface area contributed by atoms with Crippen molar-refractivity contribution < 1.29 is 0 Å². The van der Waals surface area contributed by atoms with Crippen molar-refractivity contribution in [2.75, 3.05) is 20.1 Å². The van der Waals surface area contributed by atoms with Gasteiger partial charge < -0.3 is 10.2 Å². The third-order valence-corrected chi connectivity index (χ3v) is 4.23. The molecule has 96 valence electrons. The van der Waals surface area contributed by atoms with E-state index >= 15 is 0 Å². The molecule has 0 spiro atoms. The highest BCUT2D eigenvalue weighted by Gasteiger charge is 2.21. The summed E-state index contributed by atoms with van der Waals surface area (Å²) in [5.74, 6) is 0.705. The fourth-order valence-corrected chi connectivity index (χ4v) is 3.19. The molecule has 17 heavy (non-hydrogen) atoms. The summed E-state index contributed by atoms with van der Waals surface area (Å²) in [6, 6.07) is 4.92. The molecule has 4 heteroatoms. The van der Waals surface area contributed by atoms with Crippen LogP contribution in [0.2, 0.25) is 4.34 Å². The summed E-state index contributed by atoms with van der Waals surface area (Å²) in [6.07, 6.45) is 2.74. The zero-order valence-electron chi connectivity index (χ0n) is 10.6. The molecule has 1 aliphatic rings. The maximum Gasteiger partial charge on any atom is 0.0931 e. The van der Waals surface area contributed by atoms with Gasteiger partial charge in [-0.2, -0.15) is 0 Å². The standard InChI is InChI=1S/C13H21ClN2S/c1-10(7-15-11-3-4-11)8-16(2)9-12-5-6-13(14)17-12/h5-6,10-11,15H,3-4,7-9H2,1-2H3. The Kier molecular flexibility index (Phi) is 4.86. The van der Waals surface area contributed by atoms with E-state index in [2.05, 4.69) is 30.3 Å². The van der Waals surface area contributed by atoms with Gasteiger partial charge in [0.15, 0.2) is 0 Å². The first-order chi connectivity index (χ1) is 8.13. The zero-order chi connectivity index (χ0) is 12.3. The molecule has 0 aromatic carbocycles. The van der Waals surface area contributed by atoms with E-state index < -0.39 is 0 Å². The number of nitrogens with zero attached hydrogens (tertiary/aromatic N) is 1. The highest BCUT2D eigenvalue weighted by molar-refractivity contribution is 7.16. The van der Waals surface area contributed by atoms with Gasteiger partial charge in [-0.3, -0.25) is 0 Å². The van der Waals surface area contributed by atoms with Crippen LogP contribution in [0.5, 0.6) is 0 Å². The lowest BCUT2D eigenvalue weighted by Gasteiger charge is -2.21. The van der Waals surface area contributed by atoms with Gasteiger partial charge in [-0.1, -0.05) is 18.5 Å². The molecule has 0 bridgehead atoms. The normalized spacial score (nSPS) is 17.6. The summed E-state index contributed by atoms with van der Waals surface area (Å²) in [4.78, 5) is 3.72. The lowest BCUT2D eigenvalue weighted by atomic mass is 10.1. The van der Waals surface area contributed by atoms with E-state index in [-0.39, 0.29) is 0 Å². The molecule has 1 saturated carbocycles. The fraction of sp³-hybridized carbons (Fsp3) is 0.692. The third kappa shape index (κ3) is 4.96. The van der Waals surface area contributed by atoms with E-state index in [1.165, 1.54) is 17.7 Å². The summed E-state index contributed by atoms with van der Waals surface area (Å²) in [7, 11) is 2.18. The number of nitrogens with one attached hydrogen (secondary N) is 1. The topological polar surface area (TPSA) is 15.3 Å². The predicted molar refractivity (Wildman–Crippen MR) is 75.9 cm³/mol. The van der Waals surface area contributed by atoms with Gasteiger partial charge in [0.2, 0.25) is 0 Å². The fourth-order valence-electron chi connectivity index (χ4n) is 2.02. The minimum atomic E-state index is 0.705. The van der Waals surface area contributed by atoms with E-state index in [1.807, 2.05) is 6.07 Å². The highest BCUT2D eigenvalue weighted by atomic mass is 35.5. The van der Waals surface area contributed by atoms with Crippen LogP contribution in [0.1, 0.15) is 24.6 Å². The molecule has 1 aliphatic carbocycles. The Morgan fingerprint density at radius 1 is 1.53 bits per heavy atom. The van der Waals surface area contributed by atoms with Crippen LogP contribution < -0.4 is 5.32 Å². The van der Waals surface area contributed by atoms with Crippen molar-refractivity contribution >= 4 is 22.9 Å². The molecule has 1 N–H and O–H groups in total. The summed E-state index contributed by atoms with van der Waals surface area (Å²) < 4.78 is 0.886. The first-order valence-electron chi connectivity index (χ1n) is 6.29. The minimum absolute atomic E-state index is 0.705. The van der Waals surface area contributed by atoms with Crippen molar-refractivity contribution in [1.29, 1.82) is 0 Å². The maximum absolute atomic E-state index is 5.93. The number of thiophene rings is 1. The Morgan fingerprint density at radius 2 is 2.29 bits per heavy atom. The molecular weight excluding hydrogens is 252 g/mol. The van der Waals surface area contributed by atoms with Crippen LogP contribution >= 0.6 is 22.9 Å². The van der Waals surface area contributed by atoms with Gasteiger partial charge in [-0.25, -0.2) is 0 Å². The summed E-state index contributed by atoms with van der Waals surface area (Å²) in [6.45, 7) is 5.59. The number of rotatable bonds is 7. The number of halogens is 1. The maximum atomic E-state index is 5.93. The van der Waals surface area contributed by atoms with Gasteiger partial charge >= 0.3 is 0 Å². The van der Waals surface area contributed by atoms with Crippen LogP contribution in [0.4, 0.5) is 0 Å². The number of hydrogen-bond acceptors (Lipinski definition) is 3. The molecule has 0 saturated heterocycles. The monoisotopic (exact) mass is 272 g/mol. The van der Waals surface area contributed by atoms with Crippen LogP contribution in [-0.2, 0) is 6.54 Å². The Balaban J connectivity index is 1.66. The van der Waals surface area contributed by atoms with Crippen molar-refractivity contribution in [2.24, 2.45) is 5.92 Å². The third-order valence-electron chi connectivity index (χ3n) is 3.01. The van der Waals surface area contributed by atoms with Crippen LogP contribution in [0.25, 0.3) is 0 Å². The molecule has 1 fully saturated rings. The largest absolute Gasteiger partial charge is 0.314 e. The van der Waals surface area contributed by atoms with Crippen LogP contribution in [0, 0.1) is 5.92 Å². The summed E-state index contributed by atoms with van der Waals surface area (Å²) >= 11 is 7.61. The zero-order valence-corrected chi connectivity index (χ0v) is 12.2. The van der Waals surface area contributed by atoms with Gasteiger partial charge in [0.05, 0.1) is 4.34 Å². The van der Waals surface area contributed by atoms with E-state index in [4.69, 9.17) is 11.6 Å². The average molecular weight is 273 g/mol. The van der Waals surface area contributed by atoms with E-state index in [9.17, 15) is 0 Å². The van der Waals surface area contributed by atoms with Crippen molar-refractivity contribution in [3.63, 3.8) is 0 Å². The molecule has 0 radical (unpaired) electrons. The molecule has 0 aliphatic heterocycles. The van der Waals surface area contributed by atoms with Gasteiger partial charge in [0, 0.05) is 24.0 Å². The molecule has 2 nitrogen and oxygen atoms in total. The van der Waals surface area contributed by atoms with E-state index in [1.54, 1.807) is 11.3 Å². The van der Waals surface area contributed by atoms with E-state index in [0.29, 0.717) is 5.92 Å². The van der Waals surface area contributed by atoms with Gasteiger partial charge in [0.1, 0.15) is 0 Å². The Hall–Kier alpha value is -0.0900. The first kappa shape index (κ1) is 13.3. The molecule has 1 aromatic rings. The van der Waals surface area contributed by atoms with Gasteiger partial charge in [-0.15, -0.1) is 11.3 Å². The quantitative estimate of drug-likeness (QED) is 0.820. The lowest BCUT2D eigenvalue weighted by Crippen LogP contribution is -2.31. The predicted octanol–water partition coefficient (Wildman–Crippen LogP) is 3.22. The molecule has 2 rings (SSSR count). The average Bonchev–Trinajstić information content (AvgIpc) is 3.00. The van der Waals surface area contributed by atoms with Crippen LogP contribution in [0.3, 0.4) is 0 Å². The molecule has 1 heterocycles. The molecule has 1 unspecified atom stereocenters. The van der Waals surface area contributed by atoms with Crippen LogP contribution in [0.15, 0.2) is 12.1 Å². The smallest absolute Gasteiger partial charge is 0.0931 e. The first-order valence-corrected chi connectivity index (χ1v) is 7.49. The second kappa shape index (κ2) is 6.19. The SMILES string of the molecule is CC(CNC1CC1)CN(C)Cc1ccc(Cl)s1. The Labute approximate surface area is 113 Å². The molecular formula is C13H21ClN2S. The second-order valence-electron chi connectivity index (χ2n) is 5.19. The highest BCUT2D eigenvalue weighted by Crippen LogP contribution is 2.22. The number of hydrogen-bond donors (Lipinski definition) is 1. The Bertz CT molecular complexity index is 349. The minimum Gasteiger partial charge on any atom is -0.314 e. The van der Waals surface area contributed by atoms with Crippen LogP contribution in [-0.4, -0.2) is 31.1 Å². The summed E-state index contributed by atoms with van der Waals surface area (Å²) in [5.41, 5.74) is 0. The van der Waals surface area contributed by atoms with Crippen molar-refractivity contribution in [3.05, 3.63) is 21.3 Å². The molecule has 1 aromatic heterocycles. The second-order valence-corrected chi connectivity index (χ2v) is 6.99. The lowest BCUT2D eigenvalue weighted by molar-refractivity contribution is 0.275. The Morgan fingerprint density at radius 3 is 2.88 bits per heavy atom. The van der Waals surface area contributed by atoms with Gasteiger partial charge in [0.25, 0.3) is 0 Å². The van der Waals surface area contributed by atoms with Crippen molar-refractivity contribution in [1.82, 2.24) is 10.2 Å². The van der Waals surface area contributed by atoms with Gasteiger partial charge in [-0.05, 0) is 44.5 Å². The summed E-state index contributed by atoms with van der Waals surface area (Å²) in [5, 5.41) is 3.58. The van der Waals surface area contributed by atoms with Crippen molar-refractivity contribution in [3.8, 4) is 0 Å². The van der Waals surface area contributed by atoms with Crippen molar-refractivity contribution in [2.45, 2.75) is 32.4 Å².